The van der Waals surface area contributed by atoms with Crippen LogP contribution >= 0.6 is 11.6 Å². The standard InChI is InChI=1S/C14H13ClN4O/c1-10(8-18-6-2-5-17-18)19-9-16-13-7-11(15)3-4-12(13)14(19)20/h2-7,9-10H,8H2,1H3/t10-/m0/s1. The molecule has 102 valence electrons. The maximum absolute atomic E-state index is 12.5. The van der Waals surface area contributed by atoms with Crippen LogP contribution in [0.2, 0.25) is 5.02 Å². The first-order chi connectivity index (χ1) is 9.65. The minimum absolute atomic E-state index is 0.0324. The summed E-state index contributed by atoms with van der Waals surface area (Å²) >= 11 is 5.91. The van der Waals surface area contributed by atoms with Crippen molar-refractivity contribution in [2.75, 3.05) is 0 Å². The van der Waals surface area contributed by atoms with Crippen molar-refractivity contribution in [2.45, 2.75) is 19.5 Å². The molecule has 0 aliphatic rings. The number of benzene rings is 1. The van der Waals surface area contributed by atoms with E-state index in [2.05, 4.69) is 10.1 Å². The minimum Gasteiger partial charge on any atom is -0.294 e. The van der Waals surface area contributed by atoms with Crippen molar-refractivity contribution in [3.8, 4) is 0 Å². The van der Waals surface area contributed by atoms with Crippen LogP contribution in [0.4, 0.5) is 0 Å². The van der Waals surface area contributed by atoms with Crippen LogP contribution in [-0.4, -0.2) is 19.3 Å². The second kappa shape index (κ2) is 5.09. The monoisotopic (exact) mass is 288 g/mol. The van der Waals surface area contributed by atoms with E-state index in [1.54, 1.807) is 40.0 Å². The SMILES string of the molecule is C[C@@H](Cn1cccn1)n1cnc2cc(Cl)ccc2c1=O. The molecular formula is C14H13ClN4O. The fourth-order valence-corrected chi connectivity index (χ4v) is 2.36. The van der Waals surface area contributed by atoms with E-state index < -0.39 is 0 Å². The molecule has 0 amide bonds. The van der Waals surface area contributed by atoms with Crippen LogP contribution in [0, 0.1) is 0 Å². The first kappa shape index (κ1) is 12.9. The molecule has 0 aliphatic carbocycles. The largest absolute Gasteiger partial charge is 0.294 e. The van der Waals surface area contributed by atoms with Gasteiger partial charge in [-0.2, -0.15) is 5.10 Å². The van der Waals surface area contributed by atoms with Crippen molar-refractivity contribution in [2.24, 2.45) is 0 Å². The quantitative estimate of drug-likeness (QED) is 0.744. The lowest BCUT2D eigenvalue weighted by Crippen LogP contribution is -2.26. The van der Waals surface area contributed by atoms with E-state index >= 15 is 0 Å². The molecule has 1 atom stereocenters. The maximum Gasteiger partial charge on any atom is 0.261 e. The molecule has 2 heterocycles. The van der Waals surface area contributed by atoms with Gasteiger partial charge >= 0.3 is 0 Å². The van der Waals surface area contributed by atoms with Gasteiger partial charge in [0, 0.05) is 17.4 Å². The normalized spacial score (nSPS) is 12.7. The summed E-state index contributed by atoms with van der Waals surface area (Å²) in [4.78, 5) is 16.8. The fraction of sp³-hybridized carbons (Fsp3) is 0.214. The van der Waals surface area contributed by atoms with Gasteiger partial charge in [-0.25, -0.2) is 4.98 Å². The average Bonchev–Trinajstić information content (AvgIpc) is 2.91. The third kappa shape index (κ3) is 2.32. The smallest absolute Gasteiger partial charge is 0.261 e. The summed E-state index contributed by atoms with van der Waals surface area (Å²) in [6.45, 7) is 2.58. The predicted octanol–water partition coefficient (Wildman–Crippen LogP) is 2.51. The Hall–Kier alpha value is -2.14. The number of halogens is 1. The molecule has 5 nitrogen and oxygen atoms in total. The Morgan fingerprint density at radius 2 is 2.25 bits per heavy atom. The van der Waals surface area contributed by atoms with Crippen molar-refractivity contribution >= 4 is 22.5 Å². The van der Waals surface area contributed by atoms with E-state index in [4.69, 9.17) is 11.6 Å². The molecule has 0 saturated carbocycles. The van der Waals surface area contributed by atoms with E-state index in [9.17, 15) is 4.79 Å². The van der Waals surface area contributed by atoms with Crippen LogP contribution in [-0.2, 0) is 6.54 Å². The highest BCUT2D eigenvalue weighted by atomic mass is 35.5. The Morgan fingerprint density at radius 3 is 3.00 bits per heavy atom. The van der Waals surface area contributed by atoms with Crippen molar-refractivity contribution in [1.29, 1.82) is 0 Å². The lowest BCUT2D eigenvalue weighted by Gasteiger charge is -2.15. The number of aromatic nitrogens is 4. The van der Waals surface area contributed by atoms with Gasteiger partial charge in [-0.15, -0.1) is 0 Å². The van der Waals surface area contributed by atoms with Crippen molar-refractivity contribution in [1.82, 2.24) is 19.3 Å². The van der Waals surface area contributed by atoms with Crippen LogP contribution in [0.25, 0.3) is 10.9 Å². The maximum atomic E-state index is 12.5. The lowest BCUT2D eigenvalue weighted by molar-refractivity contribution is 0.426. The fourth-order valence-electron chi connectivity index (χ4n) is 2.19. The predicted molar refractivity (Wildman–Crippen MR) is 78.0 cm³/mol. The molecule has 0 saturated heterocycles. The number of hydrogen-bond acceptors (Lipinski definition) is 3. The van der Waals surface area contributed by atoms with E-state index in [-0.39, 0.29) is 11.6 Å². The Bertz CT molecular complexity index is 795. The Morgan fingerprint density at radius 1 is 1.40 bits per heavy atom. The number of fused-ring (bicyclic) bond motifs is 1. The van der Waals surface area contributed by atoms with Crippen LogP contribution in [0.5, 0.6) is 0 Å². The molecule has 6 heteroatoms. The molecule has 0 spiro atoms. The first-order valence-corrected chi connectivity index (χ1v) is 6.67. The van der Waals surface area contributed by atoms with Gasteiger partial charge in [-0.3, -0.25) is 14.0 Å². The molecule has 20 heavy (non-hydrogen) atoms. The summed E-state index contributed by atoms with van der Waals surface area (Å²) in [6.07, 6.45) is 5.15. The van der Waals surface area contributed by atoms with Gasteiger partial charge in [0.1, 0.15) is 0 Å². The van der Waals surface area contributed by atoms with Gasteiger partial charge in [-0.05, 0) is 31.2 Å². The highest BCUT2D eigenvalue weighted by Gasteiger charge is 2.11. The molecule has 0 fully saturated rings. The molecule has 1 aromatic carbocycles. The summed E-state index contributed by atoms with van der Waals surface area (Å²) in [5, 5.41) is 5.30. The van der Waals surface area contributed by atoms with Crippen LogP contribution in [0.15, 0.2) is 47.8 Å². The summed E-state index contributed by atoms with van der Waals surface area (Å²) in [5.41, 5.74) is 0.552. The van der Waals surface area contributed by atoms with Gasteiger partial charge in [0.25, 0.3) is 5.56 Å². The molecule has 3 rings (SSSR count). The Kier molecular flexibility index (Phi) is 3.28. The van der Waals surface area contributed by atoms with Crippen molar-refractivity contribution < 1.29 is 0 Å². The second-order valence-electron chi connectivity index (χ2n) is 4.70. The molecule has 0 unspecified atom stereocenters. The summed E-state index contributed by atoms with van der Waals surface area (Å²) in [5.74, 6) is 0. The molecule has 0 radical (unpaired) electrons. The molecule has 0 aliphatic heterocycles. The lowest BCUT2D eigenvalue weighted by atomic mass is 10.2. The van der Waals surface area contributed by atoms with Crippen LogP contribution < -0.4 is 5.56 Å². The Labute approximate surface area is 120 Å². The molecule has 3 aromatic rings. The average molecular weight is 289 g/mol. The number of hydrogen-bond donors (Lipinski definition) is 0. The van der Waals surface area contributed by atoms with Gasteiger partial charge in [0.2, 0.25) is 0 Å². The van der Waals surface area contributed by atoms with Crippen molar-refractivity contribution in [3.05, 3.63) is 58.4 Å². The van der Waals surface area contributed by atoms with Gasteiger partial charge in [-0.1, -0.05) is 11.6 Å². The second-order valence-corrected chi connectivity index (χ2v) is 5.13. The zero-order chi connectivity index (χ0) is 14.1. The molecule has 2 aromatic heterocycles. The van der Waals surface area contributed by atoms with Gasteiger partial charge in [0.15, 0.2) is 0 Å². The summed E-state index contributed by atoms with van der Waals surface area (Å²) in [7, 11) is 0. The first-order valence-electron chi connectivity index (χ1n) is 6.29. The summed E-state index contributed by atoms with van der Waals surface area (Å²) < 4.78 is 3.42. The van der Waals surface area contributed by atoms with E-state index in [1.807, 2.05) is 19.2 Å². The van der Waals surface area contributed by atoms with E-state index in [0.29, 0.717) is 22.5 Å². The van der Waals surface area contributed by atoms with Crippen LogP contribution in [0.3, 0.4) is 0 Å². The van der Waals surface area contributed by atoms with E-state index in [0.717, 1.165) is 0 Å². The summed E-state index contributed by atoms with van der Waals surface area (Å²) in [6, 6.07) is 6.94. The van der Waals surface area contributed by atoms with E-state index in [1.165, 1.54) is 0 Å². The zero-order valence-electron chi connectivity index (χ0n) is 10.9. The number of nitrogens with zero attached hydrogens (tertiary/aromatic N) is 4. The molecule has 0 bridgehead atoms. The minimum atomic E-state index is -0.0636. The third-order valence-corrected chi connectivity index (χ3v) is 3.47. The van der Waals surface area contributed by atoms with Crippen molar-refractivity contribution in [3.63, 3.8) is 0 Å². The van der Waals surface area contributed by atoms with Gasteiger partial charge in [0.05, 0.1) is 29.8 Å². The van der Waals surface area contributed by atoms with Gasteiger partial charge < -0.3 is 0 Å². The zero-order valence-corrected chi connectivity index (χ0v) is 11.7. The Balaban J connectivity index is 2.01. The highest BCUT2D eigenvalue weighted by molar-refractivity contribution is 6.31. The molecule has 0 N–H and O–H groups in total. The third-order valence-electron chi connectivity index (χ3n) is 3.23. The number of rotatable bonds is 3. The van der Waals surface area contributed by atoms with Crippen LogP contribution in [0.1, 0.15) is 13.0 Å². The topological polar surface area (TPSA) is 52.7 Å². The highest BCUT2D eigenvalue weighted by Crippen LogP contribution is 2.15. The molecular weight excluding hydrogens is 276 g/mol.